The maximum atomic E-state index is 12.4. The van der Waals surface area contributed by atoms with E-state index in [1.54, 1.807) is 18.7 Å². The molecule has 7 nitrogen and oxygen atoms in total. The first-order valence-corrected chi connectivity index (χ1v) is 11.1. The van der Waals surface area contributed by atoms with Crippen LogP contribution in [0.3, 0.4) is 0 Å². The fourth-order valence-electron chi connectivity index (χ4n) is 4.94. The monoisotopic (exact) mass is 407 g/mol. The molecule has 0 spiro atoms. The lowest BCUT2D eigenvalue weighted by Gasteiger charge is -2.46. The van der Waals surface area contributed by atoms with Crippen LogP contribution >= 0.6 is 11.8 Å². The predicted octanol–water partition coefficient (Wildman–Crippen LogP) is 1.21. The smallest absolute Gasteiger partial charge is 0.353 e. The van der Waals surface area contributed by atoms with Gasteiger partial charge in [-0.15, -0.1) is 11.8 Å². The number of likely N-dealkylation sites (tertiary alicyclic amines) is 1. The van der Waals surface area contributed by atoms with E-state index in [1.165, 1.54) is 17.7 Å². The van der Waals surface area contributed by atoms with Gasteiger partial charge in [-0.2, -0.15) is 0 Å². The van der Waals surface area contributed by atoms with Crippen LogP contribution < -0.4 is 5.32 Å². The van der Waals surface area contributed by atoms with Crippen LogP contribution in [-0.2, 0) is 9.59 Å². The van der Waals surface area contributed by atoms with Crippen LogP contribution in [0.1, 0.15) is 33.1 Å². The van der Waals surface area contributed by atoms with Crippen molar-refractivity contribution in [2.45, 2.75) is 56.5 Å². The number of carboxylic acids is 1. The highest BCUT2D eigenvalue weighted by Gasteiger charge is 2.60. The Labute approximate surface area is 169 Å². The minimum absolute atomic E-state index is 0.0624. The Morgan fingerprint density at radius 2 is 2.07 bits per heavy atom. The maximum absolute atomic E-state index is 12.4. The van der Waals surface area contributed by atoms with Crippen molar-refractivity contribution >= 4 is 23.6 Å². The molecule has 28 heavy (non-hydrogen) atoms. The molecule has 4 heterocycles. The minimum atomic E-state index is -1.05. The number of carbonyl (C=O) groups is 2. The molecule has 0 bridgehead atoms. The molecule has 3 fully saturated rings. The van der Waals surface area contributed by atoms with E-state index in [4.69, 9.17) is 0 Å². The van der Waals surface area contributed by atoms with Gasteiger partial charge in [0.05, 0.1) is 18.1 Å². The number of nitrogens with zero attached hydrogens (tertiary/aromatic N) is 2. The first kappa shape index (κ1) is 19.8. The topological polar surface area (TPSA) is 93.1 Å². The Kier molecular flexibility index (Phi) is 5.46. The first-order chi connectivity index (χ1) is 13.4. The van der Waals surface area contributed by atoms with E-state index >= 15 is 0 Å². The number of aliphatic hydroxyl groups is 1. The van der Waals surface area contributed by atoms with Crippen molar-refractivity contribution in [1.29, 1.82) is 0 Å². The van der Waals surface area contributed by atoms with Crippen molar-refractivity contribution in [2.75, 3.05) is 19.6 Å². The van der Waals surface area contributed by atoms with Crippen LogP contribution in [0.5, 0.6) is 0 Å². The largest absolute Gasteiger partial charge is 0.477 e. The molecular formula is C20H29N3O4S. The van der Waals surface area contributed by atoms with Gasteiger partial charge in [0.2, 0.25) is 5.91 Å². The first-order valence-electron chi connectivity index (χ1n) is 10.2. The van der Waals surface area contributed by atoms with Crippen molar-refractivity contribution in [2.24, 2.45) is 11.8 Å². The summed E-state index contributed by atoms with van der Waals surface area (Å²) < 4.78 is 0. The van der Waals surface area contributed by atoms with Gasteiger partial charge in [0.15, 0.2) is 0 Å². The molecule has 4 aliphatic rings. The second-order valence-electron chi connectivity index (χ2n) is 8.35. The summed E-state index contributed by atoms with van der Waals surface area (Å²) in [6.07, 6.45) is 7.11. The molecule has 154 valence electrons. The van der Waals surface area contributed by atoms with Gasteiger partial charge in [-0.1, -0.05) is 13.0 Å². The van der Waals surface area contributed by atoms with Gasteiger partial charge in [0.25, 0.3) is 0 Å². The standard InChI is InChI=1S/C20H29N3O4S/c1-11-16-15(12(2)24)19(25)23(16)17(20(26)27)18(11)28-14-9-13(21-10-14)5-8-22-6-3-4-7-22/h5,8,11-16,21,24H,3-4,6-7,9-10H2,1-2H3,(H,26,27)/b8-5+/t11-,12-,13-,14+,15-,16-/m1/s1. The summed E-state index contributed by atoms with van der Waals surface area (Å²) >= 11 is 1.60. The molecule has 1 amide bonds. The minimum Gasteiger partial charge on any atom is -0.477 e. The van der Waals surface area contributed by atoms with Gasteiger partial charge >= 0.3 is 5.97 Å². The third-order valence-electron chi connectivity index (χ3n) is 6.40. The van der Waals surface area contributed by atoms with Crippen molar-refractivity contribution in [1.82, 2.24) is 15.1 Å². The number of rotatable bonds is 6. The highest BCUT2D eigenvalue weighted by Crippen LogP contribution is 2.51. The highest BCUT2D eigenvalue weighted by atomic mass is 32.2. The van der Waals surface area contributed by atoms with Gasteiger partial charge in [-0.25, -0.2) is 4.79 Å². The SMILES string of the molecule is C[C@@H](O)[C@H]1C(=O)N2C(C(=O)O)=C(S[C@@H]3CN[C@H](/C=C/N4CCCC4)C3)[C@H](C)[C@H]12. The Morgan fingerprint density at radius 1 is 1.36 bits per heavy atom. The summed E-state index contributed by atoms with van der Waals surface area (Å²) in [5, 5.41) is 23.5. The van der Waals surface area contributed by atoms with E-state index < -0.39 is 18.0 Å². The second-order valence-corrected chi connectivity index (χ2v) is 9.69. The molecule has 0 saturated carbocycles. The number of carbonyl (C=O) groups excluding carboxylic acids is 1. The Morgan fingerprint density at radius 3 is 2.71 bits per heavy atom. The zero-order valence-corrected chi connectivity index (χ0v) is 17.2. The molecule has 4 aliphatic heterocycles. The lowest BCUT2D eigenvalue weighted by molar-refractivity contribution is -0.163. The van der Waals surface area contributed by atoms with Crippen molar-refractivity contribution < 1.29 is 19.8 Å². The van der Waals surface area contributed by atoms with Crippen LogP contribution in [-0.4, -0.2) is 75.0 Å². The summed E-state index contributed by atoms with van der Waals surface area (Å²) in [5.74, 6) is -1.88. The number of aliphatic hydroxyl groups excluding tert-OH is 1. The summed E-state index contributed by atoms with van der Waals surface area (Å²) in [7, 11) is 0. The average molecular weight is 408 g/mol. The van der Waals surface area contributed by atoms with E-state index in [0.717, 1.165) is 31.0 Å². The van der Waals surface area contributed by atoms with Crippen LogP contribution in [0.25, 0.3) is 0 Å². The van der Waals surface area contributed by atoms with Crippen LogP contribution in [0, 0.1) is 11.8 Å². The van der Waals surface area contributed by atoms with Gasteiger partial charge < -0.3 is 25.3 Å². The molecule has 3 N–H and O–H groups in total. The number of nitrogens with one attached hydrogen (secondary N) is 1. The molecule has 0 aromatic rings. The average Bonchev–Trinajstić information content (AvgIpc) is 3.34. The van der Waals surface area contributed by atoms with Crippen LogP contribution in [0.2, 0.25) is 0 Å². The quantitative estimate of drug-likeness (QED) is 0.570. The molecule has 6 atom stereocenters. The number of fused-ring (bicyclic) bond motifs is 1. The van der Waals surface area contributed by atoms with E-state index in [1.807, 2.05) is 6.92 Å². The predicted molar refractivity (Wildman–Crippen MR) is 107 cm³/mol. The van der Waals surface area contributed by atoms with Crippen LogP contribution in [0.15, 0.2) is 22.9 Å². The van der Waals surface area contributed by atoms with Gasteiger partial charge in [-0.05, 0) is 32.4 Å². The molecular weight excluding hydrogens is 378 g/mol. The van der Waals surface area contributed by atoms with E-state index in [9.17, 15) is 19.8 Å². The normalized spacial score (nSPS) is 36.4. The number of β-lactam (4-membered cyclic amide) rings is 1. The van der Waals surface area contributed by atoms with Gasteiger partial charge in [0, 0.05) is 41.7 Å². The molecule has 3 saturated heterocycles. The summed E-state index contributed by atoms with van der Waals surface area (Å²) in [6.45, 7) is 6.66. The zero-order chi connectivity index (χ0) is 20.0. The van der Waals surface area contributed by atoms with E-state index in [2.05, 4.69) is 22.5 Å². The fourth-order valence-corrected chi connectivity index (χ4v) is 6.44. The van der Waals surface area contributed by atoms with Crippen molar-refractivity contribution in [3.05, 3.63) is 22.9 Å². The molecule has 0 aromatic carbocycles. The third-order valence-corrected chi connectivity index (χ3v) is 7.91. The molecule has 0 aliphatic carbocycles. The van der Waals surface area contributed by atoms with Crippen molar-refractivity contribution in [3.63, 3.8) is 0 Å². The van der Waals surface area contributed by atoms with Gasteiger partial charge in [0.1, 0.15) is 5.70 Å². The second kappa shape index (κ2) is 7.72. The number of amides is 1. The third kappa shape index (κ3) is 3.35. The number of hydrogen-bond acceptors (Lipinski definition) is 6. The Bertz CT molecular complexity index is 716. The van der Waals surface area contributed by atoms with Crippen LogP contribution in [0.4, 0.5) is 0 Å². The molecule has 4 rings (SSSR count). The number of carboxylic acid groups (broad SMARTS) is 1. The lowest BCUT2D eigenvalue weighted by Crippen LogP contribution is -2.63. The lowest BCUT2D eigenvalue weighted by atomic mass is 9.79. The summed E-state index contributed by atoms with van der Waals surface area (Å²) in [4.78, 5) is 28.9. The molecule has 0 radical (unpaired) electrons. The van der Waals surface area contributed by atoms with E-state index in [-0.39, 0.29) is 28.8 Å². The Hall–Kier alpha value is -1.51. The highest BCUT2D eigenvalue weighted by molar-refractivity contribution is 8.03. The number of aliphatic carboxylic acids is 1. The van der Waals surface area contributed by atoms with Crippen molar-refractivity contribution in [3.8, 4) is 0 Å². The fraction of sp³-hybridized carbons (Fsp3) is 0.700. The molecule has 0 aromatic heterocycles. The summed E-state index contributed by atoms with van der Waals surface area (Å²) in [5.41, 5.74) is 0.125. The maximum Gasteiger partial charge on any atom is 0.353 e. The summed E-state index contributed by atoms with van der Waals surface area (Å²) in [6, 6.07) is 0.0638. The Balaban J connectivity index is 1.44. The van der Waals surface area contributed by atoms with Gasteiger partial charge in [-0.3, -0.25) is 4.79 Å². The number of hydrogen-bond donors (Lipinski definition) is 3. The van der Waals surface area contributed by atoms with E-state index in [0.29, 0.717) is 6.04 Å². The zero-order valence-electron chi connectivity index (χ0n) is 16.4. The number of thioether (sulfide) groups is 1. The molecule has 0 unspecified atom stereocenters. The molecule has 8 heteroatoms.